The Kier molecular flexibility index (Phi) is 4.88. The van der Waals surface area contributed by atoms with Gasteiger partial charge in [-0.2, -0.15) is 0 Å². The normalized spacial score (nSPS) is 17.0. The molecule has 1 unspecified atom stereocenters. The summed E-state index contributed by atoms with van der Waals surface area (Å²) in [7, 11) is 1.62. The summed E-state index contributed by atoms with van der Waals surface area (Å²) in [5, 5.41) is 0. The zero-order chi connectivity index (χ0) is 16.1. The molecule has 1 aromatic heterocycles. The minimum absolute atomic E-state index is 0.00322. The van der Waals surface area contributed by atoms with Crippen LogP contribution in [0, 0.1) is 0 Å². The summed E-state index contributed by atoms with van der Waals surface area (Å²) in [5.74, 6) is 0.760. The van der Waals surface area contributed by atoms with Gasteiger partial charge in [0.25, 0.3) is 5.91 Å². The number of carbonyl (C=O) groups excluding carboxylic acids is 1. The van der Waals surface area contributed by atoms with Gasteiger partial charge in [0, 0.05) is 24.7 Å². The van der Waals surface area contributed by atoms with Crippen molar-refractivity contribution in [2.45, 2.75) is 25.5 Å². The molecule has 0 radical (unpaired) electrons. The smallest absolute Gasteiger partial charge is 0.256 e. The average Bonchev–Trinajstić information content (AvgIpc) is 3.15. The monoisotopic (exact) mass is 312 g/mol. The molecule has 0 N–H and O–H groups in total. The Morgan fingerprint density at radius 1 is 1.35 bits per heavy atom. The van der Waals surface area contributed by atoms with Gasteiger partial charge in [-0.15, -0.1) is 0 Å². The van der Waals surface area contributed by atoms with Gasteiger partial charge in [-0.25, -0.2) is 0 Å². The van der Waals surface area contributed by atoms with Crippen LogP contribution in [0.25, 0.3) is 0 Å². The number of ether oxygens (including phenoxy) is 2. The summed E-state index contributed by atoms with van der Waals surface area (Å²) in [6, 6.07) is 11.3. The molecule has 5 nitrogen and oxygen atoms in total. The molecule has 0 spiro atoms. The van der Waals surface area contributed by atoms with Crippen LogP contribution in [0.5, 0.6) is 5.75 Å². The number of pyridine rings is 1. The molecular weight excluding hydrogens is 292 g/mol. The van der Waals surface area contributed by atoms with Crippen LogP contribution in [0.4, 0.5) is 5.69 Å². The molecule has 1 saturated heterocycles. The molecule has 23 heavy (non-hydrogen) atoms. The van der Waals surface area contributed by atoms with Crippen molar-refractivity contribution in [3.8, 4) is 5.75 Å². The van der Waals surface area contributed by atoms with Gasteiger partial charge in [0.2, 0.25) is 0 Å². The Morgan fingerprint density at radius 3 is 2.78 bits per heavy atom. The highest BCUT2D eigenvalue weighted by atomic mass is 16.5. The third kappa shape index (κ3) is 3.68. The molecule has 1 atom stereocenters. The summed E-state index contributed by atoms with van der Waals surface area (Å²) >= 11 is 0. The van der Waals surface area contributed by atoms with E-state index in [9.17, 15) is 4.79 Å². The van der Waals surface area contributed by atoms with Crippen LogP contribution in [-0.2, 0) is 16.1 Å². The van der Waals surface area contributed by atoms with E-state index in [-0.39, 0.29) is 12.0 Å². The lowest BCUT2D eigenvalue weighted by Gasteiger charge is -2.25. The number of methoxy groups -OCH3 is 1. The second kappa shape index (κ2) is 7.24. The molecular formula is C18H20N2O3. The van der Waals surface area contributed by atoms with E-state index in [1.807, 2.05) is 36.4 Å². The summed E-state index contributed by atoms with van der Waals surface area (Å²) in [4.78, 5) is 18.7. The van der Waals surface area contributed by atoms with Gasteiger partial charge in [0.05, 0.1) is 13.7 Å². The van der Waals surface area contributed by atoms with Gasteiger partial charge in [-0.05, 0) is 48.7 Å². The quantitative estimate of drug-likeness (QED) is 0.852. The molecule has 1 aliphatic rings. The molecule has 0 saturated carbocycles. The second-order valence-corrected chi connectivity index (χ2v) is 5.49. The molecule has 1 aromatic carbocycles. The standard InChI is InChI=1S/C18H20N2O3/c1-22-16-8-6-15(7-9-16)20(13-14-4-2-10-19-12-14)18(21)17-5-3-11-23-17/h2,4,6-10,12,17H,3,5,11,13H2,1H3. The lowest BCUT2D eigenvalue weighted by molar-refractivity contribution is -0.127. The number of benzene rings is 1. The van der Waals surface area contributed by atoms with Crippen molar-refractivity contribution in [2.75, 3.05) is 18.6 Å². The van der Waals surface area contributed by atoms with Gasteiger partial charge < -0.3 is 14.4 Å². The summed E-state index contributed by atoms with van der Waals surface area (Å²) < 4.78 is 10.8. The van der Waals surface area contributed by atoms with Crippen molar-refractivity contribution in [1.29, 1.82) is 0 Å². The number of anilines is 1. The topological polar surface area (TPSA) is 51.7 Å². The average molecular weight is 312 g/mol. The molecule has 3 rings (SSSR count). The predicted molar refractivity (Wildman–Crippen MR) is 87.4 cm³/mol. The summed E-state index contributed by atoms with van der Waals surface area (Å²) in [5.41, 5.74) is 1.81. The number of hydrogen-bond donors (Lipinski definition) is 0. The number of aromatic nitrogens is 1. The van der Waals surface area contributed by atoms with Crippen LogP contribution < -0.4 is 9.64 Å². The maximum atomic E-state index is 12.9. The Balaban J connectivity index is 1.86. The molecule has 2 aromatic rings. The summed E-state index contributed by atoms with van der Waals surface area (Å²) in [6.45, 7) is 1.12. The fourth-order valence-electron chi connectivity index (χ4n) is 2.68. The van der Waals surface area contributed by atoms with Crippen molar-refractivity contribution < 1.29 is 14.3 Å². The molecule has 1 amide bonds. The van der Waals surface area contributed by atoms with Crippen LogP contribution >= 0.6 is 0 Å². The van der Waals surface area contributed by atoms with Crippen molar-refractivity contribution in [3.05, 3.63) is 54.4 Å². The van der Waals surface area contributed by atoms with Crippen LogP contribution in [0.2, 0.25) is 0 Å². The first-order chi connectivity index (χ1) is 11.3. The molecule has 1 fully saturated rings. The molecule has 2 heterocycles. The minimum atomic E-state index is -0.353. The Labute approximate surface area is 135 Å². The minimum Gasteiger partial charge on any atom is -0.497 e. The van der Waals surface area contributed by atoms with Crippen LogP contribution in [0.15, 0.2) is 48.8 Å². The van der Waals surface area contributed by atoms with Gasteiger partial charge in [-0.1, -0.05) is 6.07 Å². The fourth-order valence-corrected chi connectivity index (χ4v) is 2.68. The maximum Gasteiger partial charge on any atom is 0.256 e. The number of rotatable bonds is 5. The van der Waals surface area contributed by atoms with E-state index >= 15 is 0 Å². The van der Waals surface area contributed by atoms with Crippen LogP contribution in [-0.4, -0.2) is 30.7 Å². The Bertz CT molecular complexity index is 637. The van der Waals surface area contributed by atoms with Crippen molar-refractivity contribution in [3.63, 3.8) is 0 Å². The van der Waals surface area contributed by atoms with Crippen molar-refractivity contribution >= 4 is 11.6 Å². The van der Waals surface area contributed by atoms with Gasteiger partial charge in [-0.3, -0.25) is 9.78 Å². The van der Waals surface area contributed by atoms with Crippen LogP contribution in [0.1, 0.15) is 18.4 Å². The van der Waals surface area contributed by atoms with E-state index in [2.05, 4.69) is 4.98 Å². The number of amides is 1. The van der Waals surface area contributed by atoms with E-state index in [0.29, 0.717) is 13.2 Å². The van der Waals surface area contributed by atoms with E-state index in [1.54, 1.807) is 24.4 Å². The predicted octanol–water partition coefficient (Wildman–Crippen LogP) is 2.80. The Hall–Kier alpha value is -2.40. The first kappa shape index (κ1) is 15.5. The van der Waals surface area contributed by atoms with E-state index in [1.165, 1.54) is 0 Å². The van der Waals surface area contributed by atoms with E-state index in [0.717, 1.165) is 29.8 Å². The highest BCUT2D eigenvalue weighted by molar-refractivity contribution is 5.96. The number of hydrogen-bond acceptors (Lipinski definition) is 4. The van der Waals surface area contributed by atoms with E-state index < -0.39 is 0 Å². The molecule has 5 heteroatoms. The van der Waals surface area contributed by atoms with Crippen molar-refractivity contribution in [1.82, 2.24) is 4.98 Å². The zero-order valence-corrected chi connectivity index (χ0v) is 13.1. The lowest BCUT2D eigenvalue weighted by Crippen LogP contribution is -2.38. The first-order valence-corrected chi connectivity index (χ1v) is 7.74. The molecule has 0 aliphatic carbocycles. The van der Waals surface area contributed by atoms with Gasteiger partial charge in [0.15, 0.2) is 0 Å². The maximum absolute atomic E-state index is 12.9. The van der Waals surface area contributed by atoms with E-state index in [4.69, 9.17) is 9.47 Å². The SMILES string of the molecule is COc1ccc(N(Cc2cccnc2)C(=O)C2CCCO2)cc1. The van der Waals surface area contributed by atoms with Crippen molar-refractivity contribution in [2.24, 2.45) is 0 Å². The summed E-state index contributed by atoms with van der Waals surface area (Å²) in [6.07, 6.45) is 4.86. The molecule has 0 bridgehead atoms. The van der Waals surface area contributed by atoms with Gasteiger partial charge in [0.1, 0.15) is 11.9 Å². The zero-order valence-electron chi connectivity index (χ0n) is 13.1. The fraction of sp³-hybridized carbons (Fsp3) is 0.333. The second-order valence-electron chi connectivity index (χ2n) is 5.49. The molecule has 1 aliphatic heterocycles. The molecule has 120 valence electrons. The van der Waals surface area contributed by atoms with Gasteiger partial charge >= 0.3 is 0 Å². The highest BCUT2D eigenvalue weighted by Gasteiger charge is 2.29. The third-order valence-corrected chi connectivity index (χ3v) is 3.92. The first-order valence-electron chi connectivity index (χ1n) is 7.74. The lowest BCUT2D eigenvalue weighted by atomic mass is 10.1. The largest absolute Gasteiger partial charge is 0.497 e. The number of nitrogens with zero attached hydrogens (tertiary/aromatic N) is 2. The third-order valence-electron chi connectivity index (χ3n) is 3.92. The van der Waals surface area contributed by atoms with Crippen LogP contribution in [0.3, 0.4) is 0 Å². The highest BCUT2D eigenvalue weighted by Crippen LogP contribution is 2.24. The Morgan fingerprint density at radius 2 is 2.17 bits per heavy atom. The number of carbonyl (C=O) groups is 1.